The molecule has 1 saturated carbocycles. The highest BCUT2D eigenvalue weighted by Crippen LogP contribution is 2.28. The molecule has 0 heterocycles. The maximum atomic E-state index is 14.3. The summed E-state index contributed by atoms with van der Waals surface area (Å²) in [5.41, 5.74) is 6.46. The monoisotopic (exact) mass is 943 g/mol. The van der Waals surface area contributed by atoms with Gasteiger partial charge in [-0.25, -0.2) is 0 Å². The van der Waals surface area contributed by atoms with E-state index in [4.69, 9.17) is 10.8 Å². The van der Waals surface area contributed by atoms with Crippen molar-refractivity contribution in [1.29, 1.82) is 0 Å². The molecular weight excluding hydrogens is 880 g/mol. The number of halogens is 1. The Morgan fingerprint density at radius 2 is 1.25 bits per heavy atom. The number of carboxylic acids is 1. The lowest BCUT2D eigenvalue weighted by Crippen LogP contribution is -2.61. The number of rotatable bonds is 26. The van der Waals surface area contributed by atoms with Crippen molar-refractivity contribution in [3.63, 3.8) is 0 Å². The van der Waals surface area contributed by atoms with Crippen molar-refractivity contribution in [2.24, 2.45) is 11.7 Å². The topological polar surface area (TPSA) is 275 Å². The van der Waals surface area contributed by atoms with Crippen molar-refractivity contribution in [3.05, 3.63) is 70.2 Å². The third kappa shape index (κ3) is 18.1. The van der Waals surface area contributed by atoms with Crippen molar-refractivity contribution < 1.29 is 53.1 Å². The summed E-state index contributed by atoms with van der Waals surface area (Å²) < 4.78 is 1.42. The SMILES string of the molecule is CC[C@H](NC(=O)[C@H](Cc1ccccc1)NC(=O)c1ccc(Br)cc1)C(=O)N[C@H](C(=O)N[C@@H](CCCC[N+](C)(C)C)C(=O)N[C@@H](CO)C(=O)N[C@@H](CCC(=O)O)C(N)=O)C1CCCC1. The second-order valence-electron chi connectivity index (χ2n) is 16.9. The maximum Gasteiger partial charge on any atom is 0.303 e. The summed E-state index contributed by atoms with van der Waals surface area (Å²) in [5, 5.41) is 35.0. The van der Waals surface area contributed by atoms with Crippen LogP contribution in [0.5, 0.6) is 0 Å². The number of nitrogens with zero attached hydrogens (tertiary/aromatic N) is 1. The average molecular weight is 945 g/mol. The van der Waals surface area contributed by atoms with E-state index in [2.05, 4.69) is 47.8 Å². The Bertz CT molecular complexity index is 1870. The van der Waals surface area contributed by atoms with Gasteiger partial charge in [0.05, 0.1) is 34.3 Å². The zero-order chi connectivity index (χ0) is 46.7. The molecule has 1 aliphatic rings. The summed E-state index contributed by atoms with van der Waals surface area (Å²) in [6.45, 7) is 1.55. The first-order chi connectivity index (χ1) is 29.8. The Morgan fingerprint density at radius 3 is 1.83 bits per heavy atom. The molecule has 0 saturated heterocycles. The molecule has 63 heavy (non-hydrogen) atoms. The quantitative estimate of drug-likeness (QED) is 0.0478. The van der Waals surface area contributed by atoms with Gasteiger partial charge in [0.2, 0.25) is 35.4 Å². The third-order valence-corrected chi connectivity index (χ3v) is 11.4. The number of unbranched alkanes of at least 4 members (excludes halogenated alkanes) is 1. The van der Waals surface area contributed by atoms with Crippen molar-refractivity contribution >= 4 is 63.2 Å². The van der Waals surface area contributed by atoms with E-state index >= 15 is 0 Å². The van der Waals surface area contributed by atoms with Gasteiger partial charge in [-0.15, -0.1) is 0 Å². The summed E-state index contributed by atoms with van der Waals surface area (Å²) in [4.78, 5) is 105. The number of primary amides is 1. The van der Waals surface area contributed by atoms with Crippen molar-refractivity contribution in [2.75, 3.05) is 34.3 Å². The molecule has 2 aromatic rings. The number of amides is 7. The number of nitrogens with one attached hydrogen (secondary N) is 6. The maximum absolute atomic E-state index is 14.3. The number of hydrogen-bond donors (Lipinski definition) is 9. The number of aliphatic hydroxyl groups excluding tert-OH is 1. The minimum atomic E-state index is -1.58. The molecule has 0 aliphatic heterocycles. The van der Waals surface area contributed by atoms with Crippen molar-refractivity contribution in [1.82, 2.24) is 31.9 Å². The molecule has 0 aromatic heterocycles. The normalized spacial score (nSPS) is 15.7. The van der Waals surface area contributed by atoms with E-state index in [0.717, 1.165) is 29.4 Å². The van der Waals surface area contributed by atoms with Crippen LogP contribution < -0.4 is 37.6 Å². The van der Waals surface area contributed by atoms with Gasteiger partial charge in [-0.2, -0.15) is 0 Å². The smallest absolute Gasteiger partial charge is 0.303 e. The first kappa shape index (κ1) is 51.9. The van der Waals surface area contributed by atoms with E-state index in [1.165, 1.54) is 0 Å². The Labute approximate surface area is 377 Å². The van der Waals surface area contributed by atoms with Gasteiger partial charge in [0.25, 0.3) is 5.91 Å². The van der Waals surface area contributed by atoms with Crippen LogP contribution in [0.3, 0.4) is 0 Å². The van der Waals surface area contributed by atoms with Crippen LogP contribution >= 0.6 is 15.9 Å². The van der Waals surface area contributed by atoms with Gasteiger partial charge in [0.1, 0.15) is 36.3 Å². The molecule has 2 aromatic carbocycles. The predicted molar refractivity (Wildman–Crippen MR) is 237 cm³/mol. The van der Waals surface area contributed by atoms with Gasteiger partial charge < -0.3 is 52.3 Å². The van der Waals surface area contributed by atoms with Gasteiger partial charge in [-0.05, 0) is 80.7 Å². The van der Waals surface area contributed by atoms with E-state index in [1.807, 2.05) is 51.5 Å². The van der Waals surface area contributed by atoms with Gasteiger partial charge in [0, 0.05) is 22.9 Å². The molecule has 10 N–H and O–H groups in total. The number of carbonyl (C=O) groups excluding carboxylic acids is 7. The Hall–Kier alpha value is -5.40. The Kier molecular flexibility index (Phi) is 21.1. The van der Waals surface area contributed by atoms with Crippen LogP contribution in [-0.2, 0) is 40.0 Å². The zero-order valence-corrected chi connectivity index (χ0v) is 38.1. The molecule has 1 fully saturated rings. The van der Waals surface area contributed by atoms with E-state index in [1.54, 1.807) is 31.2 Å². The van der Waals surface area contributed by atoms with Gasteiger partial charge in [0.15, 0.2) is 0 Å². The number of quaternary nitrogens is 1. The zero-order valence-electron chi connectivity index (χ0n) is 36.5. The van der Waals surface area contributed by atoms with E-state index in [9.17, 15) is 43.5 Å². The summed E-state index contributed by atoms with van der Waals surface area (Å²) in [7, 11) is 6.03. The minimum Gasteiger partial charge on any atom is -0.481 e. The molecule has 1 aliphatic carbocycles. The van der Waals surface area contributed by atoms with Crippen molar-refractivity contribution in [2.45, 2.75) is 114 Å². The van der Waals surface area contributed by atoms with E-state index in [-0.39, 0.29) is 31.6 Å². The molecule has 0 bridgehead atoms. The molecule has 0 spiro atoms. The molecule has 6 atom stereocenters. The molecule has 19 heteroatoms. The first-order valence-electron chi connectivity index (χ1n) is 21.4. The minimum absolute atomic E-state index is 0.133. The lowest BCUT2D eigenvalue weighted by molar-refractivity contribution is -0.870. The van der Waals surface area contributed by atoms with Crippen LogP contribution in [0.4, 0.5) is 0 Å². The van der Waals surface area contributed by atoms with Crippen LogP contribution in [-0.4, -0.2) is 133 Å². The molecule has 346 valence electrons. The van der Waals surface area contributed by atoms with Crippen molar-refractivity contribution in [3.8, 4) is 0 Å². The van der Waals surface area contributed by atoms with Crippen LogP contribution in [0.2, 0.25) is 0 Å². The lowest BCUT2D eigenvalue weighted by Gasteiger charge is -2.29. The Morgan fingerprint density at radius 1 is 0.698 bits per heavy atom. The molecular formula is C44H64BrN8O10+. The fourth-order valence-electron chi connectivity index (χ4n) is 7.23. The van der Waals surface area contributed by atoms with Gasteiger partial charge >= 0.3 is 5.97 Å². The number of carboxylic acid groups (broad SMARTS) is 1. The van der Waals surface area contributed by atoms with Crippen LogP contribution in [0.15, 0.2) is 59.1 Å². The second kappa shape index (κ2) is 25.6. The highest BCUT2D eigenvalue weighted by atomic mass is 79.9. The second-order valence-corrected chi connectivity index (χ2v) is 17.8. The van der Waals surface area contributed by atoms with Crippen LogP contribution in [0, 0.1) is 5.92 Å². The predicted octanol–water partition coefficient (Wildman–Crippen LogP) is 1.03. The fourth-order valence-corrected chi connectivity index (χ4v) is 7.49. The van der Waals surface area contributed by atoms with Crippen LogP contribution in [0.1, 0.15) is 87.1 Å². The highest BCUT2D eigenvalue weighted by molar-refractivity contribution is 9.10. The number of benzene rings is 2. The summed E-state index contributed by atoms with van der Waals surface area (Å²) >= 11 is 3.35. The average Bonchev–Trinajstić information content (AvgIpc) is 3.77. The standard InChI is InChI=1S/C44H63BrN8O10/c1-5-31(47-42(61)34(25-27-13-7-6-8-14-27)50-39(58)29-18-20-30(45)21-19-29)40(59)52-37(28-15-9-10-16-28)44(63)49-33(17-11-12-24-53(2,3)4)41(60)51-35(26-54)43(62)48-32(38(46)57)22-23-36(55)56/h6-8,13-14,18-21,28,31-35,37,54H,5,9-12,15-17,22-26H2,1-4H3,(H8-,46,47,48,49,50,51,52,55,56,57,58,59,60,61,62,63)/p+1/t31-,32-,33-,34-,35-,37-/m0/s1. The molecule has 3 rings (SSSR count). The number of aliphatic carboxylic acids is 1. The molecule has 7 amide bonds. The molecule has 0 radical (unpaired) electrons. The summed E-state index contributed by atoms with van der Waals surface area (Å²) in [6, 6.07) is 8.28. The lowest BCUT2D eigenvalue weighted by atomic mass is 9.95. The van der Waals surface area contributed by atoms with E-state index in [0.29, 0.717) is 35.7 Å². The number of nitrogens with two attached hydrogens (primary N) is 1. The third-order valence-electron chi connectivity index (χ3n) is 10.8. The van der Waals surface area contributed by atoms with Crippen LogP contribution in [0.25, 0.3) is 0 Å². The summed E-state index contributed by atoms with van der Waals surface area (Å²) in [5.74, 6) is -6.71. The highest BCUT2D eigenvalue weighted by Gasteiger charge is 2.37. The largest absolute Gasteiger partial charge is 0.481 e. The van der Waals surface area contributed by atoms with E-state index < -0.39 is 96.6 Å². The van der Waals surface area contributed by atoms with Gasteiger partial charge in [-0.3, -0.25) is 38.4 Å². The Balaban J connectivity index is 1.81. The van der Waals surface area contributed by atoms with Gasteiger partial charge in [-0.1, -0.05) is 66.0 Å². The fraction of sp³-hybridized carbons (Fsp3) is 0.545. The molecule has 18 nitrogen and oxygen atoms in total. The number of hydrogen-bond acceptors (Lipinski definition) is 9. The summed E-state index contributed by atoms with van der Waals surface area (Å²) in [6.07, 6.45) is 3.60. The first-order valence-corrected chi connectivity index (χ1v) is 22.2. The number of aliphatic hydroxyl groups is 1. The molecule has 0 unspecified atom stereocenters. The number of carbonyl (C=O) groups is 8.